The topological polar surface area (TPSA) is 21.3 Å². The second-order valence-corrected chi connectivity index (χ2v) is 6.58. The summed E-state index contributed by atoms with van der Waals surface area (Å²) in [5, 5.41) is 3.41. The van der Waals surface area contributed by atoms with Crippen LogP contribution in [0.5, 0.6) is 5.75 Å². The van der Waals surface area contributed by atoms with Gasteiger partial charge in [-0.1, -0.05) is 29.8 Å². The lowest BCUT2D eigenvalue weighted by Gasteiger charge is -2.23. The molecule has 0 atom stereocenters. The van der Waals surface area contributed by atoms with Crippen LogP contribution in [0.3, 0.4) is 0 Å². The van der Waals surface area contributed by atoms with E-state index in [4.69, 9.17) is 4.74 Å². The molecule has 4 heteroatoms. The van der Waals surface area contributed by atoms with Crippen molar-refractivity contribution in [1.82, 2.24) is 5.32 Å². The summed E-state index contributed by atoms with van der Waals surface area (Å²) in [6.45, 7) is 7.59. The first-order valence-corrected chi connectivity index (χ1v) is 8.09. The Morgan fingerprint density at radius 1 is 1.30 bits per heavy atom. The Hall–Kier alpha value is -0.250. The number of hydrogen-bond acceptors (Lipinski definition) is 2. The lowest BCUT2D eigenvalue weighted by molar-refractivity contribution is 0.249. The molecule has 1 aliphatic rings. The van der Waals surface area contributed by atoms with E-state index < -0.39 is 0 Å². The van der Waals surface area contributed by atoms with Crippen molar-refractivity contribution in [1.29, 1.82) is 0 Å². The van der Waals surface area contributed by atoms with E-state index in [-0.39, 0.29) is 12.4 Å². The molecule has 1 fully saturated rings. The molecule has 0 radical (unpaired) electrons. The van der Waals surface area contributed by atoms with E-state index in [9.17, 15) is 0 Å². The lowest BCUT2D eigenvalue weighted by atomic mass is 9.95. The van der Waals surface area contributed by atoms with Gasteiger partial charge in [-0.25, -0.2) is 0 Å². The number of ether oxygens (including phenoxy) is 1. The monoisotopic (exact) mass is 361 g/mol. The van der Waals surface area contributed by atoms with Crippen molar-refractivity contribution in [2.75, 3.05) is 19.7 Å². The predicted octanol–water partition coefficient (Wildman–Crippen LogP) is 4.76. The van der Waals surface area contributed by atoms with E-state index in [0.717, 1.165) is 22.7 Å². The molecule has 0 spiro atoms. The molecule has 2 rings (SSSR count). The number of halogens is 2. The van der Waals surface area contributed by atoms with Gasteiger partial charge in [0.2, 0.25) is 0 Å². The van der Waals surface area contributed by atoms with E-state index in [2.05, 4.69) is 53.3 Å². The van der Waals surface area contributed by atoms with Gasteiger partial charge in [-0.2, -0.15) is 0 Å². The minimum absolute atomic E-state index is 0. The quantitative estimate of drug-likeness (QED) is 0.815. The van der Waals surface area contributed by atoms with Gasteiger partial charge >= 0.3 is 0 Å². The number of piperidine rings is 1. The van der Waals surface area contributed by atoms with E-state index >= 15 is 0 Å². The first-order chi connectivity index (χ1) is 9.16. The molecule has 0 saturated carbocycles. The molecule has 1 N–H and O–H groups in total. The maximum Gasteiger partial charge on any atom is 0.122 e. The highest BCUT2D eigenvalue weighted by molar-refractivity contribution is 9.10. The minimum Gasteiger partial charge on any atom is -0.493 e. The molecule has 0 unspecified atom stereocenters. The van der Waals surface area contributed by atoms with Crippen LogP contribution < -0.4 is 10.1 Å². The average Bonchev–Trinajstić information content (AvgIpc) is 2.41. The summed E-state index contributed by atoms with van der Waals surface area (Å²) in [5.74, 6) is 2.37. The smallest absolute Gasteiger partial charge is 0.122 e. The largest absolute Gasteiger partial charge is 0.493 e. The summed E-state index contributed by atoms with van der Waals surface area (Å²) in [4.78, 5) is 0. The lowest BCUT2D eigenvalue weighted by Crippen LogP contribution is -2.28. The van der Waals surface area contributed by atoms with Gasteiger partial charge < -0.3 is 10.1 Å². The Balaban J connectivity index is 0.00000200. The molecule has 0 amide bonds. The summed E-state index contributed by atoms with van der Waals surface area (Å²) in [5.41, 5.74) is 1.29. The maximum atomic E-state index is 6.01. The van der Waals surface area contributed by atoms with Crippen molar-refractivity contribution in [3.63, 3.8) is 0 Å². The minimum atomic E-state index is 0. The molecule has 1 heterocycles. The number of hydrogen-bond donors (Lipinski definition) is 1. The third kappa shape index (κ3) is 5.27. The highest BCUT2D eigenvalue weighted by Gasteiger charge is 2.14. The number of rotatable bonds is 5. The predicted molar refractivity (Wildman–Crippen MR) is 91.2 cm³/mol. The van der Waals surface area contributed by atoms with Crippen molar-refractivity contribution < 1.29 is 4.74 Å². The fourth-order valence-corrected chi connectivity index (χ4v) is 2.99. The SMILES string of the molecule is CC(C)c1cc(Br)ccc1OCCC1CCNCC1.Cl. The van der Waals surface area contributed by atoms with Crippen molar-refractivity contribution in [3.8, 4) is 5.75 Å². The van der Waals surface area contributed by atoms with Gasteiger partial charge in [-0.3, -0.25) is 0 Å². The van der Waals surface area contributed by atoms with Crippen LogP contribution in [0.15, 0.2) is 22.7 Å². The summed E-state index contributed by atoms with van der Waals surface area (Å²) >= 11 is 3.53. The highest BCUT2D eigenvalue weighted by atomic mass is 79.9. The van der Waals surface area contributed by atoms with Crippen LogP contribution in [0.1, 0.15) is 44.6 Å². The van der Waals surface area contributed by atoms with Crippen molar-refractivity contribution in [3.05, 3.63) is 28.2 Å². The van der Waals surface area contributed by atoms with Crippen LogP contribution in [0, 0.1) is 5.92 Å². The molecule has 0 aliphatic carbocycles. The van der Waals surface area contributed by atoms with Crippen LogP contribution in [-0.2, 0) is 0 Å². The van der Waals surface area contributed by atoms with Crippen molar-refractivity contribution in [2.45, 2.75) is 39.0 Å². The molecule has 1 saturated heterocycles. The first-order valence-electron chi connectivity index (χ1n) is 7.30. The summed E-state index contributed by atoms with van der Waals surface area (Å²) in [6, 6.07) is 6.32. The van der Waals surface area contributed by atoms with Gasteiger partial charge in [0.15, 0.2) is 0 Å². The van der Waals surface area contributed by atoms with Crippen LogP contribution >= 0.6 is 28.3 Å². The van der Waals surface area contributed by atoms with Crippen LogP contribution in [0.25, 0.3) is 0 Å². The molecule has 2 nitrogen and oxygen atoms in total. The second-order valence-electron chi connectivity index (χ2n) is 5.67. The third-order valence-electron chi connectivity index (χ3n) is 3.84. The van der Waals surface area contributed by atoms with Gasteiger partial charge in [0.25, 0.3) is 0 Å². The standard InChI is InChI=1S/C16H24BrNO.ClH/c1-12(2)15-11-14(17)3-4-16(15)19-10-7-13-5-8-18-9-6-13;/h3-4,11-13,18H,5-10H2,1-2H3;1H. The molecule has 1 aromatic carbocycles. The van der Waals surface area contributed by atoms with Crippen LogP contribution in [0.4, 0.5) is 0 Å². The van der Waals surface area contributed by atoms with E-state index in [1.165, 1.54) is 37.9 Å². The fourth-order valence-electron chi connectivity index (χ4n) is 2.61. The molecular weight excluding hydrogens is 338 g/mol. The van der Waals surface area contributed by atoms with Gasteiger partial charge in [0, 0.05) is 4.47 Å². The van der Waals surface area contributed by atoms with Crippen LogP contribution in [0.2, 0.25) is 0 Å². The van der Waals surface area contributed by atoms with E-state index in [0.29, 0.717) is 5.92 Å². The Labute approximate surface area is 137 Å². The Morgan fingerprint density at radius 2 is 2.00 bits per heavy atom. The van der Waals surface area contributed by atoms with Crippen molar-refractivity contribution in [2.24, 2.45) is 5.92 Å². The Morgan fingerprint density at radius 3 is 2.65 bits per heavy atom. The summed E-state index contributed by atoms with van der Waals surface area (Å²) < 4.78 is 7.14. The van der Waals surface area contributed by atoms with E-state index in [1.807, 2.05) is 0 Å². The average molecular weight is 363 g/mol. The summed E-state index contributed by atoms with van der Waals surface area (Å²) in [6.07, 6.45) is 3.76. The summed E-state index contributed by atoms with van der Waals surface area (Å²) in [7, 11) is 0. The molecule has 0 bridgehead atoms. The fraction of sp³-hybridized carbons (Fsp3) is 0.625. The van der Waals surface area contributed by atoms with Gasteiger partial charge in [0.05, 0.1) is 6.61 Å². The molecule has 114 valence electrons. The number of benzene rings is 1. The van der Waals surface area contributed by atoms with E-state index in [1.54, 1.807) is 0 Å². The zero-order chi connectivity index (χ0) is 13.7. The van der Waals surface area contributed by atoms with Gasteiger partial charge in [-0.05, 0) is 68.0 Å². The van der Waals surface area contributed by atoms with Gasteiger partial charge in [0.1, 0.15) is 5.75 Å². The molecule has 1 aromatic rings. The zero-order valence-corrected chi connectivity index (χ0v) is 14.7. The normalized spacial score (nSPS) is 16.0. The Bertz CT molecular complexity index is 405. The second kappa shape index (κ2) is 8.91. The molecule has 20 heavy (non-hydrogen) atoms. The van der Waals surface area contributed by atoms with Crippen LogP contribution in [-0.4, -0.2) is 19.7 Å². The molecule has 1 aliphatic heterocycles. The number of nitrogens with one attached hydrogen (secondary N) is 1. The first kappa shape index (κ1) is 17.8. The van der Waals surface area contributed by atoms with Gasteiger partial charge in [-0.15, -0.1) is 12.4 Å². The molecular formula is C16H25BrClNO. The maximum absolute atomic E-state index is 6.01. The Kier molecular flexibility index (Phi) is 7.93. The molecule has 0 aromatic heterocycles. The zero-order valence-electron chi connectivity index (χ0n) is 12.3. The highest BCUT2D eigenvalue weighted by Crippen LogP contribution is 2.30. The van der Waals surface area contributed by atoms with Crippen molar-refractivity contribution >= 4 is 28.3 Å². The third-order valence-corrected chi connectivity index (χ3v) is 4.33.